The molecule has 4 bridgehead atoms. The van der Waals surface area contributed by atoms with Gasteiger partial charge in [-0.1, -0.05) is 85.8 Å². The summed E-state index contributed by atoms with van der Waals surface area (Å²) < 4.78 is 28.1. The lowest BCUT2D eigenvalue weighted by Crippen LogP contribution is -2.52. The van der Waals surface area contributed by atoms with Gasteiger partial charge in [-0.25, -0.2) is 4.79 Å². The fourth-order valence-electron chi connectivity index (χ4n) is 9.06. The van der Waals surface area contributed by atoms with E-state index in [2.05, 4.69) is 29.6 Å². The zero-order chi connectivity index (χ0) is 31.2. The molecule has 236 valence electrons. The summed E-state index contributed by atoms with van der Waals surface area (Å²) in [6.07, 6.45) is 5.59. The number of hydrogen-bond donors (Lipinski definition) is 2. The minimum atomic E-state index is -3.76. The number of benzene rings is 3. The Bertz CT molecular complexity index is 1540. The van der Waals surface area contributed by atoms with Crippen LogP contribution in [0.25, 0.3) is 11.1 Å². The molecule has 3 aromatic rings. The molecule has 1 amide bonds. The molecule has 2 N–H and O–H groups in total. The number of carboxylic acid groups (broad SMARTS) is 1. The first-order valence-corrected chi connectivity index (χ1v) is 18.3. The molecule has 0 spiro atoms. The van der Waals surface area contributed by atoms with E-state index in [1.165, 1.54) is 19.3 Å². The first-order chi connectivity index (χ1) is 21.7. The molecule has 0 aliphatic heterocycles. The van der Waals surface area contributed by atoms with E-state index in [0.29, 0.717) is 17.8 Å². The van der Waals surface area contributed by atoms with Crippen LogP contribution in [0.1, 0.15) is 68.1 Å². The summed E-state index contributed by atoms with van der Waals surface area (Å²) in [6, 6.07) is 25.9. The first kappa shape index (κ1) is 30.3. The summed E-state index contributed by atoms with van der Waals surface area (Å²) >= 11 is 0. The zero-order valence-corrected chi connectivity index (χ0v) is 26.7. The highest BCUT2D eigenvalue weighted by molar-refractivity contribution is 7.59. The molecule has 8 rings (SSSR count). The Balaban J connectivity index is 1.16. The van der Waals surface area contributed by atoms with Gasteiger partial charge in [0.25, 0.3) is 0 Å². The van der Waals surface area contributed by atoms with Gasteiger partial charge in [-0.05, 0) is 84.1 Å². The number of hydrogen-bond acceptors (Lipinski definition) is 5. The van der Waals surface area contributed by atoms with Gasteiger partial charge in [-0.15, -0.1) is 0 Å². The van der Waals surface area contributed by atoms with Crippen molar-refractivity contribution in [1.82, 2.24) is 5.32 Å². The second-order valence-electron chi connectivity index (χ2n) is 14.0. The Morgan fingerprint density at radius 1 is 0.867 bits per heavy atom. The molecule has 8 heteroatoms. The second kappa shape index (κ2) is 12.1. The van der Waals surface area contributed by atoms with Crippen molar-refractivity contribution in [2.75, 3.05) is 12.8 Å². The molecule has 4 saturated carbocycles. The standard InChI is InChI=1S/C37H42NO6P/c1-24(35(39)40)23-45(42,44-37-19-26-15-27(20-37)17-28(16-26)21-37)34(18-25-9-3-2-4-10-25)38-36(41)43-22-33-31-13-7-5-11-29(31)30-12-6-8-14-32(30)33/h2-14,24,26-28,33-34H,15-23H2,1H3,(H,38,41)(H,39,40). The molecule has 0 heterocycles. The third-order valence-electron chi connectivity index (χ3n) is 10.7. The fourth-order valence-corrected chi connectivity index (χ4v) is 12.1. The zero-order valence-electron chi connectivity index (χ0n) is 25.8. The van der Waals surface area contributed by atoms with E-state index in [0.717, 1.165) is 47.1 Å². The van der Waals surface area contributed by atoms with Crippen molar-refractivity contribution in [3.63, 3.8) is 0 Å². The highest BCUT2D eigenvalue weighted by Gasteiger charge is 2.55. The lowest BCUT2D eigenvalue weighted by molar-refractivity contribution is -0.140. The summed E-state index contributed by atoms with van der Waals surface area (Å²) in [7, 11) is -3.76. The van der Waals surface area contributed by atoms with Crippen LogP contribution in [0.5, 0.6) is 0 Å². The van der Waals surface area contributed by atoms with Crippen LogP contribution in [0, 0.1) is 23.7 Å². The average molecular weight is 628 g/mol. The lowest BCUT2D eigenvalue weighted by Gasteiger charge is -2.57. The maximum absolute atomic E-state index is 15.3. The van der Waals surface area contributed by atoms with Gasteiger partial charge in [0.05, 0.1) is 11.5 Å². The Labute approximate surface area is 265 Å². The highest BCUT2D eigenvalue weighted by atomic mass is 31.2. The predicted molar refractivity (Wildman–Crippen MR) is 173 cm³/mol. The molecule has 7 nitrogen and oxygen atoms in total. The van der Waals surface area contributed by atoms with Crippen LogP contribution in [-0.4, -0.2) is 41.3 Å². The topological polar surface area (TPSA) is 102 Å². The van der Waals surface area contributed by atoms with Crippen molar-refractivity contribution in [3.05, 3.63) is 95.6 Å². The molecule has 0 radical (unpaired) electrons. The van der Waals surface area contributed by atoms with E-state index in [1.54, 1.807) is 6.92 Å². The van der Waals surface area contributed by atoms with Crippen molar-refractivity contribution < 1.29 is 28.5 Å². The van der Waals surface area contributed by atoms with Gasteiger partial charge in [0.1, 0.15) is 12.4 Å². The number of carbonyl (C=O) groups is 2. The van der Waals surface area contributed by atoms with Crippen molar-refractivity contribution in [3.8, 4) is 11.1 Å². The van der Waals surface area contributed by atoms with Crippen molar-refractivity contribution in [2.24, 2.45) is 23.7 Å². The fraction of sp³-hybridized carbons (Fsp3) is 0.459. The van der Waals surface area contributed by atoms with Gasteiger partial charge >= 0.3 is 12.1 Å². The van der Waals surface area contributed by atoms with Gasteiger partial charge in [0.2, 0.25) is 7.37 Å². The summed E-state index contributed by atoms with van der Waals surface area (Å²) in [4.78, 5) is 25.7. The molecular weight excluding hydrogens is 585 g/mol. The Morgan fingerprint density at radius 2 is 1.40 bits per heavy atom. The number of nitrogens with one attached hydrogen (secondary N) is 1. The normalized spacial score (nSPS) is 27.2. The third-order valence-corrected chi connectivity index (χ3v) is 13.7. The highest BCUT2D eigenvalue weighted by Crippen LogP contribution is 2.65. The maximum Gasteiger partial charge on any atom is 0.407 e. The van der Waals surface area contributed by atoms with Crippen LogP contribution in [0.2, 0.25) is 0 Å². The molecule has 45 heavy (non-hydrogen) atoms. The molecule has 3 unspecified atom stereocenters. The van der Waals surface area contributed by atoms with E-state index in [9.17, 15) is 14.7 Å². The monoisotopic (exact) mass is 627 g/mol. The molecule has 3 atom stereocenters. The Hall–Kier alpha value is -3.41. The summed E-state index contributed by atoms with van der Waals surface area (Å²) in [6.45, 7) is 1.70. The van der Waals surface area contributed by atoms with E-state index < -0.39 is 36.7 Å². The van der Waals surface area contributed by atoms with Gasteiger partial charge < -0.3 is 19.7 Å². The van der Waals surface area contributed by atoms with Gasteiger partial charge in [-0.2, -0.15) is 0 Å². The van der Waals surface area contributed by atoms with Crippen molar-refractivity contribution in [2.45, 2.75) is 69.2 Å². The number of alkyl carbamates (subject to hydrolysis) is 1. The van der Waals surface area contributed by atoms with Crippen LogP contribution in [0.3, 0.4) is 0 Å². The number of carbonyl (C=O) groups excluding carboxylic acids is 1. The van der Waals surface area contributed by atoms with Crippen LogP contribution < -0.4 is 5.32 Å². The van der Waals surface area contributed by atoms with Gasteiger partial charge in [0, 0.05) is 18.5 Å². The number of ether oxygens (including phenoxy) is 1. The number of amides is 1. The number of carboxylic acids is 1. The smallest absolute Gasteiger partial charge is 0.407 e. The Morgan fingerprint density at radius 3 is 1.96 bits per heavy atom. The number of fused-ring (bicyclic) bond motifs is 3. The molecular formula is C37H42NO6P. The van der Waals surface area contributed by atoms with E-state index in [-0.39, 0.29) is 25.1 Å². The number of rotatable bonds is 11. The maximum atomic E-state index is 15.3. The van der Waals surface area contributed by atoms with E-state index in [4.69, 9.17) is 9.26 Å². The SMILES string of the molecule is CC(CP(=O)(OC12CC3CC(CC(C3)C1)C2)C(Cc1ccccc1)NC(=O)OCC1c2ccccc2-c2ccccc21)C(=O)O. The van der Waals surface area contributed by atoms with Gasteiger partial charge in [0.15, 0.2) is 0 Å². The van der Waals surface area contributed by atoms with Crippen LogP contribution in [0.4, 0.5) is 4.79 Å². The van der Waals surface area contributed by atoms with Crippen molar-refractivity contribution >= 4 is 19.4 Å². The molecule has 0 aromatic heterocycles. The predicted octanol–water partition coefficient (Wildman–Crippen LogP) is 8.08. The summed E-state index contributed by atoms with van der Waals surface area (Å²) in [5, 5.41) is 12.9. The molecule has 5 aliphatic rings. The minimum Gasteiger partial charge on any atom is -0.481 e. The van der Waals surface area contributed by atoms with E-state index in [1.807, 2.05) is 54.6 Å². The van der Waals surface area contributed by atoms with Crippen molar-refractivity contribution in [1.29, 1.82) is 0 Å². The number of aliphatic carboxylic acids is 1. The lowest BCUT2D eigenvalue weighted by atomic mass is 9.54. The minimum absolute atomic E-state index is 0.113. The Kier molecular flexibility index (Phi) is 8.12. The average Bonchev–Trinajstić information content (AvgIpc) is 3.33. The molecule has 4 fully saturated rings. The third kappa shape index (κ3) is 6.09. The molecule has 0 saturated heterocycles. The summed E-state index contributed by atoms with van der Waals surface area (Å²) in [5.41, 5.74) is 4.86. The first-order valence-electron chi connectivity index (χ1n) is 16.4. The van der Waals surface area contributed by atoms with Crippen LogP contribution >= 0.6 is 7.37 Å². The second-order valence-corrected chi connectivity index (χ2v) is 16.6. The summed E-state index contributed by atoms with van der Waals surface area (Å²) in [5.74, 6) is -1.28. The largest absolute Gasteiger partial charge is 0.481 e. The molecule has 5 aliphatic carbocycles. The molecule has 3 aromatic carbocycles. The van der Waals surface area contributed by atoms with Crippen LogP contribution in [-0.2, 0) is 25.0 Å². The van der Waals surface area contributed by atoms with Crippen LogP contribution in [0.15, 0.2) is 78.9 Å². The van der Waals surface area contributed by atoms with Gasteiger partial charge in [-0.3, -0.25) is 9.36 Å². The quantitative estimate of drug-likeness (QED) is 0.209. The van der Waals surface area contributed by atoms with E-state index >= 15 is 4.57 Å².